The van der Waals surface area contributed by atoms with Gasteiger partial charge in [0.15, 0.2) is 0 Å². The number of hydrogen-bond acceptors (Lipinski definition) is 4. The van der Waals surface area contributed by atoms with Crippen molar-refractivity contribution in [3.8, 4) is 0 Å². The molecule has 0 aliphatic carbocycles. The van der Waals surface area contributed by atoms with Gasteiger partial charge in [0.2, 0.25) is 10.0 Å². The Morgan fingerprint density at radius 2 is 1.95 bits per heavy atom. The quantitative estimate of drug-likeness (QED) is 0.834. The maximum atomic E-state index is 12.4. The number of hydrogen-bond donors (Lipinski definition) is 2. The van der Waals surface area contributed by atoms with Crippen molar-refractivity contribution in [2.45, 2.75) is 43.7 Å². The molecule has 0 saturated carbocycles. The number of nitrogens with zero attached hydrogens (tertiary/aromatic N) is 1. The molecule has 0 radical (unpaired) electrons. The Morgan fingerprint density at radius 3 is 2.57 bits per heavy atom. The summed E-state index contributed by atoms with van der Waals surface area (Å²) in [7, 11) is -3.49. The predicted molar refractivity (Wildman–Crippen MR) is 84.5 cm³/mol. The molecular formula is C15H25N3O2S. The summed E-state index contributed by atoms with van der Waals surface area (Å²) in [5, 5.41) is 0. The van der Waals surface area contributed by atoms with Crippen molar-refractivity contribution in [1.29, 1.82) is 0 Å². The van der Waals surface area contributed by atoms with E-state index in [-0.39, 0.29) is 17.0 Å². The molecule has 0 bridgehead atoms. The molecule has 1 aromatic rings. The Hall–Kier alpha value is -0.950. The fourth-order valence-electron chi connectivity index (χ4n) is 2.69. The minimum absolute atomic E-state index is 0.105. The molecule has 21 heavy (non-hydrogen) atoms. The van der Waals surface area contributed by atoms with E-state index in [9.17, 15) is 8.42 Å². The van der Waals surface area contributed by atoms with Crippen LogP contribution in [0.15, 0.2) is 29.2 Å². The van der Waals surface area contributed by atoms with Crippen LogP contribution in [0.25, 0.3) is 0 Å². The van der Waals surface area contributed by atoms with Crippen LogP contribution in [0, 0.1) is 0 Å². The second kappa shape index (κ2) is 6.87. The van der Waals surface area contributed by atoms with Gasteiger partial charge in [-0.3, -0.25) is 0 Å². The highest BCUT2D eigenvalue weighted by molar-refractivity contribution is 7.89. The zero-order valence-corrected chi connectivity index (χ0v) is 13.6. The lowest BCUT2D eigenvalue weighted by molar-refractivity contribution is 0.313. The molecule has 0 aromatic heterocycles. The maximum absolute atomic E-state index is 12.4. The topological polar surface area (TPSA) is 75.4 Å². The third kappa shape index (κ3) is 4.51. The Morgan fingerprint density at radius 1 is 1.29 bits per heavy atom. The summed E-state index contributed by atoms with van der Waals surface area (Å²) in [6.45, 7) is 6.63. The number of nitrogens with one attached hydrogen (secondary N) is 1. The smallest absolute Gasteiger partial charge is 0.240 e. The Labute approximate surface area is 127 Å². The normalized spacial score (nSPS) is 19.6. The average Bonchev–Trinajstić information content (AvgIpc) is 2.91. The first-order valence-corrected chi connectivity index (χ1v) is 8.97. The van der Waals surface area contributed by atoms with E-state index in [1.165, 1.54) is 12.8 Å². The molecule has 0 spiro atoms. The van der Waals surface area contributed by atoms with Crippen LogP contribution in [-0.2, 0) is 10.0 Å². The van der Waals surface area contributed by atoms with Crippen LogP contribution in [0.3, 0.4) is 0 Å². The number of benzene rings is 1. The fraction of sp³-hybridized carbons (Fsp3) is 0.600. The largest absolute Gasteiger partial charge is 0.324 e. The standard InChI is InChI=1S/C15H25N3O2S/c1-12(11-18-8-3-4-9-18)17-21(19,20)15-7-5-6-14(10-15)13(2)16/h5-7,10,12-13,17H,3-4,8-9,11,16H2,1-2H3. The van der Waals surface area contributed by atoms with E-state index in [4.69, 9.17) is 5.73 Å². The lowest BCUT2D eigenvalue weighted by atomic mass is 10.1. The van der Waals surface area contributed by atoms with E-state index < -0.39 is 10.0 Å². The van der Waals surface area contributed by atoms with Crippen LogP contribution < -0.4 is 10.5 Å². The second-order valence-corrected chi connectivity index (χ2v) is 7.61. The number of likely N-dealkylation sites (tertiary alicyclic amines) is 1. The molecule has 3 N–H and O–H groups in total. The van der Waals surface area contributed by atoms with Gasteiger partial charge in [0.05, 0.1) is 4.90 Å². The van der Waals surface area contributed by atoms with Crippen molar-refractivity contribution < 1.29 is 8.42 Å². The molecule has 1 heterocycles. The SMILES string of the molecule is CC(CN1CCCC1)NS(=O)(=O)c1cccc(C(C)N)c1. The summed E-state index contributed by atoms with van der Waals surface area (Å²) in [5.74, 6) is 0. The van der Waals surface area contributed by atoms with Gasteiger partial charge in [0.1, 0.15) is 0 Å². The summed E-state index contributed by atoms with van der Waals surface area (Å²) >= 11 is 0. The van der Waals surface area contributed by atoms with Gasteiger partial charge in [-0.05, 0) is 57.5 Å². The molecule has 1 fully saturated rings. The minimum atomic E-state index is -3.49. The molecule has 5 nitrogen and oxygen atoms in total. The van der Waals surface area contributed by atoms with Crippen LogP contribution in [0.5, 0.6) is 0 Å². The predicted octanol–water partition coefficient (Wildman–Crippen LogP) is 1.47. The number of rotatable bonds is 6. The summed E-state index contributed by atoms with van der Waals surface area (Å²) < 4.78 is 27.6. The van der Waals surface area contributed by atoms with Crippen LogP contribution in [0.1, 0.15) is 38.3 Å². The molecule has 2 atom stereocenters. The first-order valence-electron chi connectivity index (χ1n) is 7.49. The van der Waals surface area contributed by atoms with E-state index in [1.54, 1.807) is 18.2 Å². The summed E-state index contributed by atoms with van der Waals surface area (Å²) in [6, 6.07) is 6.55. The summed E-state index contributed by atoms with van der Waals surface area (Å²) in [4.78, 5) is 2.58. The third-order valence-electron chi connectivity index (χ3n) is 3.78. The zero-order valence-electron chi connectivity index (χ0n) is 12.7. The van der Waals surface area contributed by atoms with E-state index >= 15 is 0 Å². The van der Waals surface area contributed by atoms with Crippen LogP contribution >= 0.6 is 0 Å². The second-order valence-electron chi connectivity index (χ2n) is 5.89. The Balaban J connectivity index is 2.05. The van der Waals surface area contributed by atoms with Crippen LogP contribution in [-0.4, -0.2) is 39.0 Å². The number of nitrogens with two attached hydrogens (primary N) is 1. The molecule has 118 valence electrons. The molecule has 6 heteroatoms. The van der Waals surface area contributed by atoms with Gasteiger partial charge in [-0.25, -0.2) is 13.1 Å². The van der Waals surface area contributed by atoms with E-state index in [1.807, 2.05) is 19.9 Å². The lowest BCUT2D eigenvalue weighted by Crippen LogP contribution is -2.41. The van der Waals surface area contributed by atoms with E-state index in [0.717, 1.165) is 25.2 Å². The average molecular weight is 311 g/mol. The Bertz CT molecular complexity index is 566. The van der Waals surface area contributed by atoms with Crippen molar-refractivity contribution in [3.05, 3.63) is 29.8 Å². The molecule has 2 rings (SSSR count). The van der Waals surface area contributed by atoms with Crippen molar-refractivity contribution in [3.63, 3.8) is 0 Å². The van der Waals surface area contributed by atoms with Gasteiger partial charge in [-0.15, -0.1) is 0 Å². The molecule has 1 aliphatic rings. The molecule has 1 saturated heterocycles. The van der Waals surface area contributed by atoms with Crippen LogP contribution in [0.4, 0.5) is 0 Å². The first-order chi connectivity index (χ1) is 9.88. The van der Waals surface area contributed by atoms with Crippen molar-refractivity contribution in [2.24, 2.45) is 5.73 Å². The lowest BCUT2D eigenvalue weighted by Gasteiger charge is -2.21. The van der Waals surface area contributed by atoms with Gasteiger partial charge >= 0.3 is 0 Å². The highest BCUT2D eigenvalue weighted by atomic mass is 32.2. The third-order valence-corrected chi connectivity index (χ3v) is 5.37. The van der Waals surface area contributed by atoms with Gasteiger partial charge in [-0.1, -0.05) is 12.1 Å². The fourth-order valence-corrected chi connectivity index (χ4v) is 3.98. The molecular weight excluding hydrogens is 286 g/mol. The van der Waals surface area contributed by atoms with Gasteiger partial charge in [0, 0.05) is 18.6 Å². The molecule has 0 amide bonds. The van der Waals surface area contributed by atoms with Gasteiger partial charge in [-0.2, -0.15) is 0 Å². The number of sulfonamides is 1. The van der Waals surface area contributed by atoms with Gasteiger partial charge in [0.25, 0.3) is 0 Å². The van der Waals surface area contributed by atoms with Crippen LogP contribution in [0.2, 0.25) is 0 Å². The van der Waals surface area contributed by atoms with Gasteiger partial charge < -0.3 is 10.6 Å². The van der Waals surface area contributed by atoms with Crippen molar-refractivity contribution >= 4 is 10.0 Å². The first kappa shape index (κ1) is 16.4. The molecule has 2 unspecified atom stereocenters. The minimum Gasteiger partial charge on any atom is -0.324 e. The Kier molecular flexibility index (Phi) is 5.37. The summed E-state index contributed by atoms with van der Waals surface area (Å²) in [6.07, 6.45) is 2.41. The van der Waals surface area contributed by atoms with Crippen molar-refractivity contribution in [1.82, 2.24) is 9.62 Å². The molecule has 1 aromatic carbocycles. The molecule has 1 aliphatic heterocycles. The maximum Gasteiger partial charge on any atom is 0.240 e. The van der Waals surface area contributed by atoms with E-state index in [2.05, 4.69) is 9.62 Å². The zero-order chi connectivity index (χ0) is 15.5. The highest BCUT2D eigenvalue weighted by Gasteiger charge is 2.21. The highest BCUT2D eigenvalue weighted by Crippen LogP contribution is 2.16. The van der Waals surface area contributed by atoms with E-state index in [0.29, 0.717) is 0 Å². The summed E-state index contributed by atoms with van der Waals surface area (Å²) in [5.41, 5.74) is 6.64. The van der Waals surface area contributed by atoms with Crippen molar-refractivity contribution in [2.75, 3.05) is 19.6 Å². The monoisotopic (exact) mass is 311 g/mol.